The summed E-state index contributed by atoms with van der Waals surface area (Å²) in [6.07, 6.45) is 8.33. The van der Waals surface area contributed by atoms with E-state index in [-0.39, 0.29) is 16.8 Å². The van der Waals surface area contributed by atoms with Crippen molar-refractivity contribution in [3.8, 4) is 5.75 Å². The van der Waals surface area contributed by atoms with E-state index in [1.807, 2.05) is 0 Å². The molecule has 0 radical (unpaired) electrons. The standard InChI is InChI=1S/C26H44O3/c1-9-10-11-12-13-14-17-29-23(27)16-15-20-18-21(25(2,3)4)24(28-8)22(19-20)26(5,6)7/h18-19H,9-17H2,1-8H3. The van der Waals surface area contributed by atoms with Crippen molar-refractivity contribution in [3.63, 3.8) is 0 Å². The Morgan fingerprint density at radius 3 is 1.86 bits per heavy atom. The molecule has 0 saturated heterocycles. The molecule has 0 amide bonds. The van der Waals surface area contributed by atoms with Crippen molar-refractivity contribution in [2.45, 2.75) is 111 Å². The maximum absolute atomic E-state index is 12.2. The first-order valence-corrected chi connectivity index (χ1v) is 11.4. The molecule has 0 bridgehead atoms. The van der Waals surface area contributed by atoms with Crippen LogP contribution in [0.1, 0.15) is 110 Å². The van der Waals surface area contributed by atoms with Gasteiger partial charge < -0.3 is 9.47 Å². The first kappa shape index (κ1) is 25.5. The number of methoxy groups -OCH3 is 1. The summed E-state index contributed by atoms with van der Waals surface area (Å²) in [4.78, 5) is 12.2. The van der Waals surface area contributed by atoms with Gasteiger partial charge in [-0.3, -0.25) is 4.79 Å². The number of aryl methyl sites for hydroxylation is 1. The van der Waals surface area contributed by atoms with Crippen LogP contribution < -0.4 is 4.74 Å². The van der Waals surface area contributed by atoms with Crippen LogP contribution in [-0.2, 0) is 26.8 Å². The number of carbonyl (C=O) groups excluding carboxylic acids is 1. The Morgan fingerprint density at radius 1 is 0.862 bits per heavy atom. The van der Waals surface area contributed by atoms with E-state index in [0.717, 1.165) is 18.6 Å². The summed E-state index contributed by atoms with van der Waals surface area (Å²) in [5, 5.41) is 0. The maximum atomic E-state index is 12.2. The minimum atomic E-state index is -0.0935. The van der Waals surface area contributed by atoms with E-state index in [1.165, 1.54) is 42.4 Å². The van der Waals surface area contributed by atoms with Crippen LogP contribution in [0.5, 0.6) is 5.75 Å². The first-order valence-electron chi connectivity index (χ1n) is 11.4. The molecule has 29 heavy (non-hydrogen) atoms. The summed E-state index contributed by atoms with van der Waals surface area (Å²) < 4.78 is 11.3. The van der Waals surface area contributed by atoms with E-state index in [2.05, 4.69) is 60.6 Å². The van der Waals surface area contributed by atoms with Crippen molar-refractivity contribution >= 4 is 5.97 Å². The Morgan fingerprint density at radius 2 is 1.38 bits per heavy atom. The third-order valence-electron chi connectivity index (χ3n) is 5.35. The van der Waals surface area contributed by atoms with Crippen molar-refractivity contribution in [1.29, 1.82) is 0 Å². The number of carbonyl (C=O) groups is 1. The van der Waals surface area contributed by atoms with E-state index in [4.69, 9.17) is 9.47 Å². The summed E-state index contributed by atoms with van der Waals surface area (Å²) in [5.41, 5.74) is 3.52. The van der Waals surface area contributed by atoms with Crippen LogP contribution in [0.2, 0.25) is 0 Å². The van der Waals surface area contributed by atoms with E-state index >= 15 is 0 Å². The molecule has 0 spiro atoms. The second-order valence-electron chi connectivity index (χ2n) is 10.2. The lowest BCUT2D eigenvalue weighted by atomic mass is 9.78. The van der Waals surface area contributed by atoms with E-state index < -0.39 is 0 Å². The minimum Gasteiger partial charge on any atom is -0.496 e. The molecule has 0 aliphatic carbocycles. The normalized spacial score (nSPS) is 12.1. The molecule has 1 aromatic rings. The second kappa shape index (κ2) is 11.6. The largest absolute Gasteiger partial charge is 0.496 e. The van der Waals surface area contributed by atoms with Crippen molar-refractivity contribution in [2.24, 2.45) is 0 Å². The van der Waals surface area contributed by atoms with Crippen molar-refractivity contribution in [1.82, 2.24) is 0 Å². The zero-order valence-corrected chi connectivity index (χ0v) is 20.2. The second-order valence-corrected chi connectivity index (χ2v) is 10.2. The average Bonchev–Trinajstić information content (AvgIpc) is 2.63. The molecule has 0 unspecified atom stereocenters. The van der Waals surface area contributed by atoms with Crippen LogP contribution in [0.3, 0.4) is 0 Å². The molecule has 3 heteroatoms. The van der Waals surface area contributed by atoms with Gasteiger partial charge in [-0.1, -0.05) is 92.7 Å². The lowest BCUT2D eigenvalue weighted by Crippen LogP contribution is -2.20. The summed E-state index contributed by atoms with van der Waals surface area (Å²) in [5.74, 6) is 0.878. The highest BCUT2D eigenvalue weighted by Gasteiger charge is 2.27. The van der Waals surface area contributed by atoms with Crippen molar-refractivity contribution in [3.05, 3.63) is 28.8 Å². The Balaban J connectivity index is 2.73. The number of ether oxygens (including phenoxy) is 2. The number of esters is 1. The van der Waals surface area contributed by atoms with Gasteiger partial charge in [-0.15, -0.1) is 0 Å². The maximum Gasteiger partial charge on any atom is 0.306 e. The minimum absolute atomic E-state index is 0.0281. The molecule has 1 rings (SSSR count). The summed E-state index contributed by atoms with van der Waals surface area (Å²) in [6.45, 7) is 16.0. The Kier molecular flexibility index (Phi) is 10.2. The van der Waals surface area contributed by atoms with Gasteiger partial charge in [0.15, 0.2) is 0 Å². The highest BCUT2D eigenvalue weighted by Crippen LogP contribution is 2.40. The van der Waals surface area contributed by atoms with Crippen LogP contribution in [0, 0.1) is 0 Å². The fraction of sp³-hybridized carbons (Fsp3) is 0.731. The van der Waals surface area contributed by atoms with E-state index in [9.17, 15) is 4.79 Å². The predicted molar refractivity (Wildman–Crippen MR) is 123 cm³/mol. The summed E-state index contributed by atoms with van der Waals surface area (Å²) in [6, 6.07) is 4.41. The van der Waals surface area contributed by atoms with Crippen molar-refractivity contribution < 1.29 is 14.3 Å². The Labute approximate surface area is 179 Å². The highest BCUT2D eigenvalue weighted by molar-refractivity contribution is 5.69. The van der Waals surface area contributed by atoms with Crippen molar-refractivity contribution in [2.75, 3.05) is 13.7 Å². The van der Waals surface area contributed by atoms with Gasteiger partial charge in [0.05, 0.1) is 13.7 Å². The molecule has 0 heterocycles. The third kappa shape index (κ3) is 8.80. The summed E-state index contributed by atoms with van der Waals surface area (Å²) >= 11 is 0. The lowest BCUT2D eigenvalue weighted by Gasteiger charge is -2.30. The molecule has 166 valence electrons. The number of hydrogen-bond donors (Lipinski definition) is 0. The molecule has 0 aliphatic rings. The number of unbranched alkanes of at least 4 members (excludes halogenated alkanes) is 5. The SMILES string of the molecule is CCCCCCCCOC(=O)CCc1cc(C(C)(C)C)c(OC)c(C(C)(C)C)c1. The molecule has 3 nitrogen and oxygen atoms in total. The lowest BCUT2D eigenvalue weighted by molar-refractivity contribution is -0.143. The average molecular weight is 405 g/mol. The van der Waals surface area contributed by atoms with Gasteiger partial charge in [0.25, 0.3) is 0 Å². The molecule has 0 aromatic heterocycles. The monoisotopic (exact) mass is 404 g/mol. The van der Waals surface area contributed by atoms with E-state index in [1.54, 1.807) is 7.11 Å². The number of rotatable bonds is 11. The third-order valence-corrected chi connectivity index (χ3v) is 5.35. The van der Waals surface area contributed by atoms with Gasteiger partial charge in [0.1, 0.15) is 5.75 Å². The Hall–Kier alpha value is -1.51. The van der Waals surface area contributed by atoms with Crippen LogP contribution >= 0.6 is 0 Å². The molecular formula is C26H44O3. The molecule has 0 N–H and O–H groups in total. The van der Waals surface area contributed by atoms with Gasteiger partial charge in [-0.05, 0) is 29.2 Å². The molecule has 1 aromatic carbocycles. The van der Waals surface area contributed by atoms with Gasteiger partial charge in [0, 0.05) is 17.5 Å². The molecule has 0 atom stereocenters. The smallest absolute Gasteiger partial charge is 0.306 e. The van der Waals surface area contributed by atoms with Crippen LogP contribution in [-0.4, -0.2) is 19.7 Å². The van der Waals surface area contributed by atoms with Gasteiger partial charge >= 0.3 is 5.97 Å². The molecule has 0 fully saturated rings. The van der Waals surface area contributed by atoms with E-state index in [0.29, 0.717) is 19.4 Å². The summed E-state index contributed by atoms with van der Waals surface area (Å²) in [7, 11) is 1.75. The molecule has 0 aliphatic heterocycles. The van der Waals surface area contributed by atoms with Crippen LogP contribution in [0.4, 0.5) is 0 Å². The quantitative estimate of drug-likeness (QED) is 0.291. The van der Waals surface area contributed by atoms with Gasteiger partial charge in [-0.25, -0.2) is 0 Å². The fourth-order valence-electron chi connectivity index (χ4n) is 3.55. The van der Waals surface area contributed by atoms with Crippen LogP contribution in [0.25, 0.3) is 0 Å². The first-order chi connectivity index (χ1) is 13.5. The fourth-order valence-corrected chi connectivity index (χ4v) is 3.55. The highest BCUT2D eigenvalue weighted by atomic mass is 16.5. The predicted octanol–water partition coefficient (Wildman–Crippen LogP) is 7.13. The van der Waals surface area contributed by atoms with Gasteiger partial charge in [0.2, 0.25) is 0 Å². The number of benzene rings is 1. The zero-order chi connectivity index (χ0) is 22.1. The van der Waals surface area contributed by atoms with Crippen LogP contribution in [0.15, 0.2) is 12.1 Å². The molecule has 0 saturated carbocycles. The zero-order valence-electron chi connectivity index (χ0n) is 20.2. The van der Waals surface area contributed by atoms with Gasteiger partial charge in [-0.2, -0.15) is 0 Å². The Bertz CT molecular complexity index is 597. The number of hydrogen-bond acceptors (Lipinski definition) is 3. The molecular weight excluding hydrogens is 360 g/mol. The topological polar surface area (TPSA) is 35.5 Å².